The molecule has 0 saturated carbocycles. The summed E-state index contributed by atoms with van der Waals surface area (Å²) in [6.45, 7) is 1.83. The van der Waals surface area contributed by atoms with Crippen LogP contribution in [0.25, 0.3) is 0 Å². The van der Waals surface area contributed by atoms with E-state index >= 15 is 0 Å². The fourth-order valence-electron chi connectivity index (χ4n) is 1.25. The Morgan fingerprint density at radius 3 is 2.82 bits per heavy atom. The summed E-state index contributed by atoms with van der Waals surface area (Å²) in [7, 11) is 0. The number of terminal acetylenes is 1. The number of anilines is 1. The number of hydrogen-bond donors (Lipinski definition) is 1. The lowest BCUT2D eigenvalue weighted by atomic mass is 10.2. The Balaban J connectivity index is 3.18. The van der Waals surface area contributed by atoms with Crippen LogP contribution in [0.15, 0.2) is 12.1 Å². The van der Waals surface area contributed by atoms with Crippen molar-refractivity contribution >= 4 is 23.0 Å². The molecule has 6 heteroatoms. The molecule has 90 valence electrons. The summed E-state index contributed by atoms with van der Waals surface area (Å²) >= 11 is 5.57. The molecule has 0 aliphatic carbocycles. The summed E-state index contributed by atoms with van der Waals surface area (Å²) in [6.07, 6.45) is 5.82. The maximum atomic E-state index is 13.1. The summed E-state index contributed by atoms with van der Waals surface area (Å²) in [6, 6.07) is 1.57. The molecule has 1 aromatic rings. The van der Waals surface area contributed by atoms with Crippen molar-refractivity contribution in [1.29, 1.82) is 0 Å². The van der Waals surface area contributed by atoms with Gasteiger partial charge in [0.2, 0.25) is 0 Å². The molecular weight excluding hydrogens is 247 g/mol. The smallest absolute Gasteiger partial charge is 0.295 e. The van der Waals surface area contributed by atoms with Crippen LogP contribution in [-0.2, 0) is 0 Å². The lowest BCUT2D eigenvalue weighted by Crippen LogP contribution is -2.16. The molecule has 0 aromatic heterocycles. The molecule has 0 amide bonds. The van der Waals surface area contributed by atoms with Crippen molar-refractivity contribution in [3.63, 3.8) is 0 Å². The molecule has 4 nitrogen and oxygen atoms in total. The second-order valence-corrected chi connectivity index (χ2v) is 3.72. The Labute approximate surface area is 103 Å². The third-order valence-electron chi connectivity index (χ3n) is 2.17. The van der Waals surface area contributed by atoms with Gasteiger partial charge in [0.05, 0.1) is 22.1 Å². The monoisotopic (exact) mass is 256 g/mol. The first-order chi connectivity index (χ1) is 7.99. The molecule has 1 atom stereocenters. The normalized spacial score (nSPS) is 11.6. The lowest BCUT2D eigenvalue weighted by Gasteiger charge is -2.12. The van der Waals surface area contributed by atoms with Gasteiger partial charge < -0.3 is 5.32 Å². The van der Waals surface area contributed by atoms with Crippen molar-refractivity contribution in [3.8, 4) is 12.3 Å². The zero-order valence-electron chi connectivity index (χ0n) is 9.04. The summed E-state index contributed by atoms with van der Waals surface area (Å²) in [5, 5.41) is 13.3. The van der Waals surface area contributed by atoms with E-state index < -0.39 is 10.7 Å². The average molecular weight is 257 g/mol. The lowest BCUT2D eigenvalue weighted by molar-refractivity contribution is -0.384. The third-order valence-corrected chi connectivity index (χ3v) is 2.46. The first-order valence-corrected chi connectivity index (χ1v) is 5.23. The van der Waals surface area contributed by atoms with E-state index in [1.54, 1.807) is 0 Å². The molecular formula is C11H10ClFN2O2. The van der Waals surface area contributed by atoms with Crippen LogP contribution in [-0.4, -0.2) is 11.0 Å². The van der Waals surface area contributed by atoms with Gasteiger partial charge in [-0.25, -0.2) is 4.39 Å². The van der Waals surface area contributed by atoms with Gasteiger partial charge >= 0.3 is 0 Å². The van der Waals surface area contributed by atoms with Crippen molar-refractivity contribution in [2.24, 2.45) is 0 Å². The number of halogens is 2. The van der Waals surface area contributed by atoms with Crippen molar-refractivity contribution < 1.29 is 9.31 Å². The van der Waals surface area contributed by atoms with E-state index in [-0.39, 0.29) is 22.4 Å². The highest BCUT2D eigenvalue weighted by atomic mass is 35.5. The van der Waals surface area contributed by atoms with Crippen LogP contribution < -0.4 is 5.32 Å². The zero-order chi connectivity index (χ0) is 13.0. The van der Waals surface area contributed by atoms with Gasteiger partial charge in [-0.1, -0.05) is 24.4 Å². The predicted octanol–water partition coefficient (Wildman–Crippen LogP) is 3.21. The highest BCUT2D eigenvalue weighted by Gasteiger charge is 2.19. The van der Waals surface area contributed by atoms with Gasteiger partial charge in [-0.2, -0.15) is 0 Å². The second-order valence-electron chi connectivity index (χ2n) is 3.31. The highest BCUT2D eigenvalue weighted by molar-refractivity contribution is 6.31. The van der Waals surface area contributed by atoms with Crippen molar-refractivity contribution in [3.05, 3.63) is 33.1 Å². The molecule has 0 saturated heterocycles. The number of nitrogens with one attached hydrogen (secondary N) is 1. The molecule has 0 heterocycles. The van der Waals surface area contributed by atoms with E-state index in [1.165, 1.54) is 0 Å². The molecule has 0 aliphatic rings. The van der Waals surface area contributed by atoms with Crippen LogP contribution in [0.3, 0.4) is 0 Å². The van der Waals surface area contributed by atoms with E-state index in [4.69, 9.17) is 18.0 Å². The molecule has 0 bridgehead atoms. The number of benzene rings is 1. The van der Waals surface area contributed by atoms with Crippen LogP contribution in [0.5, 0.6) is 0 Å². The molecule has 1 N–H and O–H groups in total. The highest BCUT2D eigenvalue weighted by Crippen LogP contribution is 2.30. The Kier molecular flexibility index (Phi) is 4.30. The van der Waals surface area contributed by atoms with Crippen LogP contribution in [0.1, 0.15) is 13.3 Å². The van der Waals surface area contributed by atoms with E-state index in [2.05, 4.69) is 11.2 Å². The minimum atomic E-state index is -0.835. The number of nitro groups is 1. The quantitative estimate of drug-likeness (QED) is 0.511. The van der Waals surface area contributed by atoms with Crippen molar-refractivity contribution in [2.75, 3.05) is 5.32 Å². The van der Waals surface area contributed by atoms with Gasteiger partial charge in [-0.05, 0) is 12.5 Å². The molecule has 0 spiro atoms. The van der Waals surface area contributed by atoms with Gasteiger partial charge in [-0.3, -0.25) is 10.1 Å². The van der Waals surface area contributed by atoms with E-state index in [9.17, 15) is 14.5 Å². The minimum Gasteiger partial charge on any atom is -0.366 e. The molecule has 0 aliphatic heterocycles. The molecule has 17 heavy (non-hydrogen) atoms. The van der Waals surface area contributed by atoms with Crippen molar-refractivity contribution in [2.45, 2.75) is 19.4 Å². The number of nitrogens with zero attached hydrogens (tertiary/aromatic N) is 1. The maximum Gasteiger partial charge on any atom is 0.295 e. The third kappa shape index (κ3) is 3.08. The minimum absolute atomic E-state index is 0.117. The van der Waals surface area contributed by atoms with Gasteiger partial charge in [0, 0.05) is 0 Å². The Hall–Kier alpha value is -1.80. The van der Waals surface area contributed by atoms with Gasteiger partial charge in [-0.15, -0.1) is 6.42 Å². The molecule has 0 radical (unpaired) electrons. The summed E-state index contributed by atoms with van der Waals surface area (Å²) in [5.74, 6) is 1.59. The van der Waals surface area contributed by atoms with E-state index in [0.29, 0.717) is 6.42 Å². The molecule has 0 fully saturated rings. The topological polar surface area (TPSA) is 55.2 Å². The molecule has 1 rings (SSSR count). The van der Waals surface area contributed by atoms with Gasteiger partial charge in [0.1, 0.15) is 11.5 Å². The summed E-state index contributed by atoms with van der Waals surface area (Å²) in [4.78, 5) is 10.1. The largest absolute Gasteiger partial charge is 0.366 e. The van der Waals surface area contributed by atoms with Crippen LogP contribution in [0.4, 0.5) is 15.8 Å². The van der Waals surface area contributed by atoms with Crippen LogP contribution >= 0.6 is 11.6 Å². The Morgan fingerprint density at radius 1 is 1.71 bits per heavy atom. The Bertz CT molecular complexity index is 485. The first-order valence-electron chi connectivity index (χ1n) is 4.85. The van der Waals surface area contributed by atoms with E-state index in [1.807, 2.05) is 6.92 Å². The zero-order valence-corrected chi connectivity index (χ0v) is 9.79. The van der Waals surface area contributed by atoms with Crippen LogP contribution in [0.2, 0.25) is 5.02 Å². The predicted molar refractivity (Wildman–Crippen MR) is 64.6 cm³/mol. The number of hydrogen-bond acceptors (Lipinski definition) is 3. The number of rotatable bonds is 4. The fourth-order valence-corrected chi connectivity index (χ4v) is 1.42. The second kappa shape index (κ2) is 5.51. The van der Waals surface area contributed by atoms with Gasteiger partial charge in [0.15, 0.2) is 0 Å². The molecule has 1 aromatic carbocycles. The summed E-state index contributed by atoms with van der Waals surface area (Å²) < 4.78 is 13.1. The SMILES string of the molecule is C#CC(CC)Nc1cc(Cl)c(F)cc1[N+](=O)[O-]. The Morgan fingerprint density at radius 2 is 2.35 bits per heavy atom. The first kappa shape index (κ1) is 13.3. The fraction of sp³-hybridized carbons (Fsp3) is 0.273. The summed E-state index contributed by atoms with van der Waals surface area (Å²) in [5.41, 5.74) is -0.271. The maximum absolute atomic E-state index is 13.1. The molecule has 1 unspecified atom stereocenters. The standard InChI is InChI=1S/C11H10ClFN2O2/c1-3-7(4-2)14-10-5-8(12)9(13)6-11(10)15(16)17/h1,5-7,14H,4H2,2H3. The van der Waals surface area contributed by atoms with E-state index in [0.717, 1.165) is 12.1 Å². The average Bonchev–Trinajstić information content (AvgIpc) is 2.29. The van der Waals surface area contributed by atoms with Gasteiger partial charge in [0.25, 0.3) is 5.69 Å². The van der Waals surface area contributed by atoms with Crippen LogP contribution in [0, 0.1) is 28.3 Å². The number of nitro benzene ring substituents is 1. The van der Waals surface area contributed by atoms with Crippen molar-refractivity contribution in [1.82, 2.24) is 0 Å².